The van der Waals surface area contributed by atoms with Crippen molar-refractivity contribution in [3.05, 3.63) is 71.5 Å². The molecule has 0 aromatic heterocycles. The van der Waals surface area contributed by atoms with Gasteiger partial charge in [0.05, 0.1) is 12.1 Å². The van der Waals surface area contributed by atoms with Gasteiger partial charge in [-0.15, -0.1) is 0 Å². The number of hydrogen-bond donors (Lipinski definition) is 1. The molecule has 2 aromatic rings. The monoisotopic (exact) mass is 458 g/mol. The highest BCUT2D eigenvalue weighted by atomic mass is 19.1. The third kappa shape index (κ3) is 9.31. The van der Waals surface area contributed by atoms with Crippen molar-refractivity contribution in [2.75, 3.05) is 13.1 Å². The SMILES string of the molecule is CC(C)(CN(CC(=O)c1ccc(F)cc1)C(=O)OCc1ccccc1)NC(=O)OC(C)(C)C. The number of hydrogen-bond acceptors (Lipinski definition) is 5. The third-order valence-electron chi connectivity index (χ3n) is 4.39. The van der Waals surface area contributed by atoms with E-state index in [4.69, 9.17) is 9.47 Å². The first-order valence-electron chi connectivity index (χ1n) is 10.6. The van der Waals surface area contributed by atoms with E-state index in [1.165, 1.54) is 29.2 Å². The average Bonchev–Trinajstić information content (AvgIpc) is 2.70. The second kappa shape index (κ2) is 10.9. The molecule has 33 heavy (non-hydrogen) atoms. The molecule has 0 bridgehead atoms. The average molecular weight is 459 g/mol. The van der Waals surface area contributed by atoms with Crippen LogP contribution in [0.1, 0.15) is 50.5 Å². The summed E-state index contributed by atoms with van der Waals surface area (Å²) in [4.78, 5) is 39.1. The van der Waals surface area contributed by atoms with Crippen LogP contribution in [0.15, 0.2) is 54.6 Å². The molecular weight excluding hydrogens is 427 g/mol. The Balaban J connectivity index is 2.14. The van der Waals surface area contributed by atoms with Crippen LogP contribution in [0.4, 0.5) is 14.0 Å². The minimum absolute atomic E-state index is 0.0210. The summed E-state index contributed by atoms with van der Waals surface area (Å²) in [5.41, 5.74) is -0.568. The molecule has 2 amide bonds. The number of amides is 2. The molecule has 0 fully saturated rings. The second-order valence-corrected chi connectivity index (χ2v) is 9.34. The van der Waals surface area contributed by atoms with E-state index in [2.05, 4.69) is 5.32 Å². The molecule has 0 spiro atoms. The summed E-state index contributed by atoms with van der Waals surface area (Å²) in [7, 11) is 0. The van der Waals surface area contributed by atoms with Crippen LogP contribution in [0.5, 0.6) is 0 Å². The maximum atomic E-state index is 13.2. The van der Waals surface area contributed by atoms with Gasteiger partial charge >= 0.3 is 12.2 Å². The molecule has 0 aliphatic heterocycles. The lowest BCUT2D eigenvalue weighted by atomic mass is 10.0. The Hall–Kier alpha value is -3.42. The number of benzene rings is 2. The number of alkyl carbamates (subject to hydrolysis) is 1. The van der Waals surface area contributed by atoms with Gasteiger partial charge in [-0.2, -0.15) is 0 Å². The molecule has 0 radical (unpaired) electrons. The van der Waals surface area contributed by atoms with E-state index in [1.807, 2.05) is 30.3 Å². The summed E-state index contributed by atoms with van der Waals surface area (Å²) >= 11 is 0. The number of halogens is 1. The van der Waals surface area contributed by atoms with Gasteiger partial charge in [0.15, 0.2) is 5.78 Å². The third-order valence-corrected chi connectivity index (χ3v) is 4.39. The smallest absolute Gasteiger partial charge is 0.410 e. The molecule has 0 aliphatic carbocycles. The number of nitrogens with one attached hydrogen (secondary N) is 1. The first-order chi connectivity index (χ1) is 15.3. The highest BCUT2D eigenvalue weighted by Crippen LogP contribution is 2.14. The predicted molar refractivity (Wildman–Crippen MR) is 122 cm³/mol. The summed E-state index contributed by atoms with van der Waals surface area (Å²) in [5, 5.41) is 2.72. The fourth-order valence-corrected chi connectivity index (χ4v) is 2.99. The molecule has 0 atom stereocenters. The Bertz CT molecular complexity index is 953. The van der Waals surface area contributed by atoms with Crippen LogP contribution in [0, 0.1) is 5.82 Å². The van der Waals surface area contributed by atoms with E-state index < -0.39 is 29.1 Å². The molecule has 178 valence electrons. The van der Waals surface area contributed by atoms with Crippen LogP contribution in [-0.4, -0.2) is 47.1 Å². The van der Waals surface area contributed by atoms with Crippen molar-refractivity contribution in [2.45, 2.75) is 52.4 Å². The number of ether oxygens (including phenoxy) is 2. The molecule has 0 heterocycles. The summed E-state index contributed by atoms with van der Waals surface area (Å²) < 4.78 is 23.9. The normalized spacial score (nSPS) is 11.5. The van der Waals surface area contributed by atoms with E-state index in [0.29, 0.717) is 0 Å². The lowest BCUT2D eigenvalue weighted by Crippen LogP contribution is -2.54. The number of carbonyl (C=O) groups is 3. The van der Waals surface area contributed by atoms with Crippen LogP contribution >= 0.6 is 0 Å². The summed E-state index contributed by atoms with van der Waals surface area (Å²) in [6, 6.07) is 14.2. The molecule has 2 aromatic carbocycles. The first kappa shape index (κ1) is 25.8. The summed E-state index contributed by atoms with van der Waals surface area (Å²) in [5.74, 6) is -0.854. The van der Waals surface area contributed by atoms with E-state index >= 15 is 0 Å². The largest absolute Gasteiger partial charge is 0.445 e. The van der Waals surface area contributed by atoms with Crippen LogP contribution in [0.3, 0.4) is 0 Å². The van der Waals surface area contributed by atoms with E-state index in [9.17, 15) is 18.8 Å². The molecule has 0 unspecified atom stereocenters. The molecular formula is C25H31FN2O5. The highest BCUT2D eigenvalue weighted by molar-refractivity contribution is 5.98. The molecule has 0 aliphatic rings. The summed E-state index contributed by atoms with van der Waals surface area (Å²) in [6.45, 7) is 8.34. The Kier molecular flexibility index (Phi) is 8.56. The molecule has 0 saturated carbocycles. The van der Waals surface area contributed by atoms with Crippen molar-refractivity contribution >= 4 is 18.0 Å². The molecule has 2 rings (SSSR count). The van der Waals surface area contributed by atoms with Gasteiger partial charge < -0.3 is 14.8 Å². The van der Waals surface area contributed by atoms with Crippen molar-refractivity contribution in [1.29, 1.82) is 0 Å². The standard InChI is InChI=1S/C25H31FN2O5/c1-24(2,3)33-22(30)27-25(4,5)17-28(15-21(29)19-11-13-20(26)14-12-19)23(31)32-16-18-9-7-6-8-10-18/h6-14H,15-17H2,1-5H3,(H,27,30). The molecule has 7 nitrogen and oxygen atoms in total. The zero-order chi connectivity index (χ0) is 24.6. The quantitative estimate of drug-likeness (QED) is 0.566. The van der Waals surface area contributed by atoms with Gasteiger partial charge in [0.25, 0.3) is 0 Å². The zero-order valence-electron chi connectivity index (χ0n) is 19.7. The minimum Gasteiger partial charge on any atom is -0.445 e. The fraction of sp³-hybridized carbons (Fsp3) is 0.400. The number of carbonyl (C=O) groups excluding carboxylic acids is 3. The van der Waals surface area contributed by atoms with Crippen LogP contribution in [0.2, 0.25) is 0 Å². The van der Waals surface area contributed by atoms with Crippen molar-refractivity contribution in [2.24, 2.45) is 0 Å². The molecule has 0 saturated heterocycles. The van der Waals surface area contributed by atoms with Gasteiger partial charge in [-0.25, -0.2) is 14.0 Å². The van der Waals surface area contributed by atoms with E-state index in [0.717, 1.165) is 5.56 Å². The Morgan fingerprint density at radius 1 is 0.939 bits per heavy atom. The van der Waals surface area contributed by atoms with Crippen molar-refractivity contribution in [3.8, 4) is 0 Å². The number of ketones is 1. The van der Waals surface area contributed by atoms with Crippen LogP contribution in [-0.2, 0) is 16.1 Å². The fourth-order valence-electron chi connectivity index (χ4n) is 2.99. The van der Waals surface area contributed by atoms with Crippen molar-refractivity contribution in [3.63, 3.8) is 0 Å². The van der Waals surface area contributed by atoms with Gasteiger partial charge in [0.1, 0.15) is 18.0 Å². The van der Waals surface area contributed by atoms with Crippen molar-refractivity contribution < 1.29 is 28.2 Å². The number of Topliss-reactive ketones (excluding diaryl/α,β-unsaturated/α-hetero) is 1. The Morgan fingerprint density at radius 2 is 1.55 bits per heavy atom. The topological polar surface area (TPSA) is 84.9 Å². The van der Waals surface area contributed by atoms with Crippen LogP contribution in [0.25, 0.3) is 0 Å². The number of nitrogens with zero attached hydrogens (tertiary/aromatic N) is 1. The van der Waals surface area contributed by atoms with Gasteiger partial charge in [-0.1, -0.05) is 30.3 Å². The van der Waals surface area contributed by atoms with Gasteiger partial charge in [-0.3, -0.25) is 9.69 Å². The number of rotatable bonds is 8. The molecule has 1 N–H and O–H groups in total. The van der Waals surface area contributed by atoms with Crippen LogP contribution < -0.4 is 5.32 Å². The highest BCUT2D eigenvalue weighted by Gasteiger charge is 2.30. The van der Waals surface area contributed by atoms with Gasteiger partial charge in [0, 0.05) is 12.1 Å². The van der Waals surface area contributed by atoms with Crippen molar-refractivity contribution in [1.82, 2.24) is 10.2 Å². The second-order valence-electron chi connectivity index (χ2n) is 9.34. The maximum absolute atomic E-state index is 13.2. The minimum atomic E-state index is -0.933. The molecule has 8 heteroatoms. The van der Waals surface area contributed by atoms with Gasteiger partial charge in [-0.05, 0) is 64.4 Å². The maximum Gasteiger partial charge on any atom is 0.410 e. The first-order valence-corrected chi connectivity index (χ1v) is 10.6. The summed E-state index contributed by atoms with van der Waals surface area (Å²) in [6.07, 6.45) is -1.36. The lowest BCUT2D eigenvalue weighted by molar-refractivity contribution is 0.0429. The van der Waals surface area contributed by atoms with E-state index in [-0.39, 0.29) is 31.0 Å². The predicted octanol–water partition coefficient (Wildman–Crippen LogP) is 4.95. The Labute approximate surface area is 193 Å². The Morgan fingerprint density at radius 3 is 2.12 bits per heavy atom. The van der Waals surface area contributed by atoms with Gasteiger partial charge in [0.2, 0.25) is 0 Å². The van der Waals surface area contributed by atoms with E-state index in [1.54, 1.807) is 34.6 Å². The zero-order valence-corrected chi connectivity index (χ0v) is 19.7. The lowest BCUT2D eigenvalue weighted by Gasteiger charge is -2.33.